The summed E-state index contributed by atoms with van der Waals surface area (Å²) in [5.41, 5.74) is 2.63. The van der Waals surface area contributed by atoms with E-state index in [-0.39, 0.29) is 18.4 Å². The molecule has 142 valence electrons. The summed E-state index contributed by atoms with van der Waals surface area (Å²) in [7, 11) is 0. The first-order valence-electron chi connectivity index (χ1n) is 8.77. The molecule has 3 aromatic rings. The zero-order chi connectivity index (χ0) is 19.5. The maximum absolute atomic E-state index is 12.6. The molecule has 2 aromatic carbocycles. The van der Waals surface area contributed by atoms with Crippen LogP contribution in [0.2, 0.25) is 5.02 Å². The van der Waals surface area contributed by atoms with Gasteiger partial charge < -0.3 is 15.0 Å². The summed E-state index contributed by atoms with van der Waals surface area (Å²) in [4.78, 5) is 27.3. The van der Waals surface area contributed by atoms with Crippen LogP contribution in [-0.4, -0.2) is 25.0 Å². The molecule has 1 N–H and O–H groups in total. The molecule has 0 aliphatic carbocycles. The van der Waals surface area contributed by atoms with Crippen LogP contribution < -0.4 is 15.0 Å². The Bertz CT molecular complexity index is 1000. The molecule has 0 bridgehead atoms. The first-order valence-corrected chi connectivity index (χ1v) is 10.0. The van der Waals surface area contributed by atoms with Gasteiger partial charge in [0.05, 0.1) is 4.88 Å². The lowest BCUT2D eigenvalue weighted by atomic mass is 10.1. The number of halogens is 1. The number of hydrogen-bond acceptors (Lipinski definition) is 4. The number of nitrogens with zero attached hydrogens (tertiary/aromatic N) is 1. The summed E-state index contributed by atoms with van der Waals surface area (Å²) in [6.07, 6.45) is 0.761. The van der Waals surface area contributed by atoms with Crippen molar-refractivity contribution in [2.45, 2.75) is 6.42 Å². The number of hydrogen-bond donors (Lipinski definition) is 1. The Labute approximate surface area is 171 Å². The zero-order valence-electron chi connectivity index (χ0n) is 14.9. The van der Waals surface area contributed by atoms with Crippen LogP contribution in [0.25, 0.3) is 0 Å². The lowest BCUT2D eigenvalue weighted by Gasteiger charge is -2.16. The molecule has 4 rings (SSSR count). The van der Waals surface area contributed by atoms with Crippen molar-refractivity contribution in [3.8, 4) is 5.75 Å². The fourth-order valence-corrected chi connectivity index (χ4v) is 3.90. The second-order valence-corrected chi connectivity index (χ2v) is 7.70. The molecule has 1 aromatic heterocycles. The third-order valence-electron chi connectivity index (χ3n) is 4.42. The largest absolute Gasteiger partial charge is 0.484 e. The third-order valence-corrected chi connectivity index (χ3v) is 5.53. The van der Waals surface area contributed by atoms with Crippen molar-refractivity contribution in [3.63, 3.8) is 0 Å². The van der Waals surface area contributed by atoms with Crippen LogP contribution in [-0.2, 0) is 11.2 Å². The van der Waals surface area contributed by atoms with Crippen molar-refractivity contribution in [1.82, 2.24) is 0 Å². The highest BCUT2D eigenvalue weighted by Crippen LogP contribution is 2.32. The summed E-state index contributed by atoms with van der Waals surface area (Å²) in [5.74, 6) is 0.345. The average Bonchev–Trinajstić information content (AvgIpc) is 3.37. The standard InChI is InChI=1S/C21H17ClN2O3S/c22-15-3-6-17(7-4-15)27-13-20(25)23-16-5-8-18-14(12-16)9-10-24(18)21(26)19-2-1-11-28-19/h1-8,11-12H,9-10,13H2,(H,23,25). The molecule has 5 nitrogen and oxygen atoms in total. The van der Waals surface area contributed by atoms with Crippen LogP contribution >= 0.6 is 22.9 Å². The van der Waals surface area contributed by atoms with E-state index in [0.717, 1.165) is 22.5 Å². The minimum absolute atomic E-state index is 0.0156. The Kier molecular flexibility index (Phi) is 5.32. The summed E-state index contributed by atoms with van der Waals surface area (Å²) >= 11 is 7.27. The van der Waals surface area contributed by atoms with Gasteiger partial charge in [0.15, 0.2) is 6.61 Å². The molecular formula is C21H17ClN2O3S. The summed E-state index contributed by atoms with van der Waals surface area (Å²) in [6, 6.07) is 16.1. The number of amides is 2. The van der Waals surface area contributed by atoms with Gasteiger partial charge in [0, 0.05) is 22.9 Å². The molecule has 0 radical (unpaired) electrons. The van der Waals surface area contributed by atoms with Crippen molar-refractivity contribution < 1.29 is 14.3 Å². The zero-order valence-corrected chi connectivity index (χ0v) is 16.4. The number of ether oxygens (including phenoxy) is 1. The van der Waals surface area contributed by atoms with Gasteiger partial charge in [-0.05, 0) is 65.9 Å². The SMILES string of the molecule is O=C(COc1ccc(Cl)cc1)Nc1ccc2c(c1)CCN2C(=O)c1cccs1. The number of nitrogens with one attached hydrogen (secondary N) is 1. The highest BCUT2D eigenvalue weighted by molar-refractivity contribution is 7.12. The van der Waals surface area contributed by atoms with E-state index in [1.807, 2.05) is 29.6 Å². The predicted octanol–water partition coefficient (Wildman–Crippen LogP) is 4.62. The average molecular weight is 413 g/mol. The second-order valence-electron chi connectivity index (χ2n) is 6.32. The highest BCUT2D eigenvalue weighted by atomic mass is 35.5. The maximum atomic E-state index is 12.6. The predicted molar refractivity (Wildman–Crippen MR) is 112 cm³/mol. The molecule has 0 saturated carbocycles. The topological polar surface area (TPSA) is 58.6 Å². The minimum Gasteiger partial charge on any atom is -0.484 e. The first-order chi connectivity index (χ1) is 13.6. The van der Waals surface area contributed by atoms with E-state index in [1.54, 1.807) is 35.2 Å². The third kappa shape index (κ3) is 4.03. The normalized spacial score (nSPS) is 12.5. The molecular weight excluding hydrogens is 396 g/mol. The molecule has 28 heavy (non-hydrogen) atoms. The van der Waals surface area contributed by atoms with E-state index in [1.165, 1.54) is 11.3 Å². The van der Waals surface area contributed by atoms with E-state index < -0.39 is 0 Å². The van der Waals surface area contributed by atoms with Crippen LogP contribution in [0.3, 0.4) is 0 Å². The Morgan fingerprint density at radius 3 is 2.71 bits per heavy atom. The monoisotopic (exact) mass is 412 g/mol. The van der Waals surface area contributed by atoms with Gasteiger partial charge in [0.1, 0.15) is 5.75 Å². The molecule has 2 heterocycles. The van der Waals surface area contributed by atoms with E-state index in [2.05, 4.69) is 5.32 Å². The minimum atomic E-state index is -0.251. The number of carbonyl (C=O) groups is 2. The lowest BCUT2D eigenvalue weighted by molar-refractivity contribution is -0.118. The number of anilines is 2. The van der Waals surface area contributed by atoms with Crippen molar-refractivity contribution in [3.05, 3.63) is 75.4 Å². The van der Waals surface area contributed by atoms with Crippen LogP contribution in [0.5, 0.6) is 5.75 Å². The fraction of sp³-hybridized carbons (Fsp3) is 0.143. The fourth-order valence-electron chi connectivity index (χ4n) is 3.10. The second kappa shape index (κ2) is 8.04. The van der Waals surface area contributed by atoms with E-state index in [4.69, 9.17) is 16.3 Å². The van der Waals surface area contributed by atoms with Gasteiger partial charge >= 0.3 is 0 Å². The first kappa shape index (κ1) is 18.5. The van der Waals surface area contributed by atoms with E-state index in [0.29, 0.717) is 23.0 Å². The number of benzene rings is 2. The molecule has 1 aliphatic rings. The van der Waals surface area contributed by atoms with Gasteiger partial charge in [-0.2, -0.15) is 0 Å². The van der Waals surface area contributed by atoms with Crippen LogP contribution in [0.4, 0.5) is 11.4 Å². The molecule has 0 atom stereocenters. The highest BCUT2D eigenvalue weighted by Gasteiger charge is 2.26. The molecule has 0 spiro atoms. The van der Waals surface area contributed by atoms with Gasteiger partial charge in [-0.15, -0.1) is 11.3 Å². The summed E-state index contributed by atoms with van der Waals surface area (Å²) in [5, 5.41) is 5.34. The molecule has 2 amide bonds. The Hall–Kier alpha value is -2.83. The van der Waals surface area contributed by atoms with Gasteiger partial charge in [-0.1, -0.05) is 17.7 Å². The number of thiophene rings is 1. The van der Waals surface area contributed by atoms with Gasteiger partial charge in [0.2, 0.25) is 0 Å². The quantitative estimate of drug-likeness (QED) is 0.665. The Morgan fingerprint density at radius 2 is 1.96 bits per heavy atom. The van der Waals surface area contributed by atoms with E-state index >= 15 is 0 Å². The molecule has 7 heteroatoms. The van der Waals surface area contributed by atoms with Crippen LogP contribution in [0.15, 0.2) is 60.0 Å². The number of fused-ring (bicyclic) bond motifs is 1. The summed E-state index contributed by atoms with van der Waals surface area (Å²) in [6.45, 7) is 0.546. The van der Waals surface area contributed by atoms with Crippen molar-refractivity contribution in [2.75, 3.05) is 23.4 Å². The lowest BCUT2D eigenvalue weighted by Crippen LogP contribution is -2.28. The number of carbonyl (C=O) groups excluding carboxylic acids is 2. The van der Waals surface area contributed by atoms with Crippen molar-refractivity contribution in [2.24, 2.45) is 0 Å². The molecule has 0 saturated heterocycles. The Morgan fingerprint density at radius 1 is 1.14 bits per heavy atom. The van der Waals surface area contributed by atoms with Gasteiger partial charge in [-0.3, -0.25) is 9.59 Å². The molecule has 1 aliphatic heterocycles. The molecule has 0 unspecified atom stereocenters. The van der Waals surface area contributed by atoms with Crippen LogP contribution in [0, 0.1) is 0 Å². The Balaban J connectivity index is 1.38. The van der Waals surface area contributed by atoms with E-state index in [9.17, 15) is 9.59 Å². The number of rotatable bonds is 5. The summed E-state index contributed by atoms with van der Waals surface area (Å²) < 4.78 is 5.46. The maximum Gasteiger partial charge on any atom is 0.268 e. The van der Waals surface area contributed by atoms with Gasteiger partial charge in [-0.25, -0.2) is 0 Å². The smallest absolute Gasteiger partial charge is 0.268 e. The van der Waals surface area contributed by atoms with Gasteiger partial charge in [0.25, 0.3) is 11.8 Å². The van der Waals surface area contributed by atoms with Crippen molar-refractivity contribution in [1.29, 1.82) is 0 Å². The van der Waals surface area contributed by atoms with Crippen molar-refractivity contribution >= 4 is 46.1 Å². The molecule has 0 fully saturated rings. The van der Waals surface area contributed by atoms with Crippen LogP contribution in [0.1, 0.15) is 15.2 Å².